The summed E-state index contributed by atoms with van der Waals surface area (Å²) in [6, 6.07) is 12.3. The van der Waals surface area contributed by atoms with E-state index in [-0.39, 0.29) is 11.8 Å². The molecule has 2 amide bonds. The highest BCUT2D eigenvalue weighted by Crippen LogP contribution is 2.27. The molecule has 1 N–H and O–H groups in total. The van der Waals surface area contributed by atoms with Gasteiger partial charge < -0.3 is 15.0 Å². The van der Waals surface area contributed by atoms with Crippen LogP contribution in [0.1, 0.15) is 27.6 Å². The molecular formula is C18H17BrN2O3. The smallest absolute Gasteiger partial charge is 0.257 e. The lowest BCUT2D eigenvalue weighted by atomic mass is 10.1. The quantitative estimate of drug-likeness (QED) is 0.874. The number of halogens is 1. The van der Waals surface area contributed by atoms with Gasteiger partial charge in [-0.05, 0) is 53.2 Å². The minimum atomic E-state index is -0.239. The first-order valence-electron chi connectivity index (χ1n) is 7.72. The van der Waals surface area contributed by atoms with Gasteiger partial charge in [0.15, 0.2) is 0 Å². The van der Waals surface area contributed by atoms with Crippen molar-refractivity contribution in [2.75, 3.05) is 25.0 Å². The van der Waals surface area contributed by atoms with E-state index >= 15 is 0 Å². The Labute approximate surface area is 148 Å². The van der Waals surface area contributed by atoms with E-state index in [0.717, 1.165) is 0 Å². The van der Waals surface area contributed by atoms with Crippen LogP contribution in [0.5, 0.6) is 5.75 Å². The van der Waals surface area contributed by atoms with Gasteiger partial charge in [-0.3, -0.25) is 9.59 Å². The number of benzene rings is 2. The van der Waals surface area contributed by atoms with Crippen molar-refractivity contribution >= 4 is 33.4 Å². The molecule has 1 aliphatic rings. The van der Waals surface area contributed by atoms with E-state index in [4.69, 9.17) is 4.74 Å². The lowest BCUT2D eigenvalue weighted by Crippen LogP contribution is -2.32. The largest absolute Gasteiger partial charge is 0.491 e. The number of anilines is 1. The van der Waals surface area contributed by atoms with Gasteiger partial charge in [-0.1, -0.05) is 12.1 Å². The van der Waals surface area contributed by atoms with Gasteiger partial charge in [0, 0.05) is 16.7 Å². The molecule has 0 aromatic heterocycles. The third-order valence-electron chi connectivity index (χ3n) is 3.87. The molecule has 0 spiro atoms. The van der Waals surface area contributed by atoms with Crippen LogP contribution >= 0.6 is 15.9 Å². The number of amides is 2. The maximum Gasteiger partial charge on any atom is 0.257 e. The Morgan fingerprint density at radius 2 is 2.08 bits per heavy atom. The first kappa shape index (κ1) is 16.5. The highest BCUT2D eigenvalue weighted by atomic mass is 79.9. The van der Waals surface area contributed by atoms with Crippen molar-refractivity contribution < 1.29 is 14.3 Å². The van der Waals surface area contributed by atoms with Crippen LogP contribution in [0.3, 0.4) is 0 Å². The van der Waals surface area contributed by atoms with Crippen LogP contribution in [0.4, 0.5) is 5.69 Å². The summed E-state index contributed by atoms with van der Waals surface area (Å²) >= 11 is 3.37. The zero-order valence-electron chi connectivity index (χ0n) is 13.2. The predicted octanol–water partition coefficient (Wildman–Crippen LogP) is 3.56. The van der Waals surface area contributed by atoms with Crippen molar-refractivity contribution in [1.82, 2.24) is 4.90 Å². The molecule has 0 saturated carbocycles. The Balaban J connectivity index is 1.87. The summed E-state index contributed by atoms with van der Waals surface area (Å²) < 4.78 is 6.35. The highest BCUT2D eigenvalue weighted by molar-refractivity contribution is 9.10. The first-order valence-corrected chi connectivity index (χ1v) is 8.51. The number of hydrogen-bond donors (Lipinski definition) is 1. The molecule has 2 aromatic carbocycles. The van der Waals surface area contributed by atoms with Crippen molar-refractivity contribution in [3.63, 3.8) is 0 Å². The standard InChI is InChI=1S/C18H17BrN2O3/c1-2-21-9-10-24-16-8-7-12(11-14(16)18(21)23)20-17(22)13-5-3-4-6-15(13)19/h3-8,11H,2,9-10H2,1H3,(H,20,22). The number of likely N-dealkylation sites (N-methyl/N-ethyl adjacent to an activating group) is 1. The number of nitrogens with zero attached hydrogens (tertiary/aromatic N) is 1. The predicted molar refractivity (Wildman–Crippen MR) is 95.6 cm³/mol. The maximum atomic E-state index is 12.6. The van der Waals surface area contributed by atoms with Crippen molar-refractivity contribution in [3.05, 3.63) is 58.1 Å². The summed E-state index contributed by atoms with van der Waals surface area (Å²) in [6.07, 6.45) is 0. The number of fused-ring (bicyclic) bond motifs is 1. The average molecular weight is 389 g/mol. The molecule has 2 aromatic rings. The second-order valence-electron chi connectivity index (χ2n) is 5.38. The minimum absolute atomic E-state index is 0.0815. The minimum Gasteiger partial charge on any atom is -0.491 e. The normalized spacial score (nSPS) is 13.8. The number of carbonyl (C=O) groups is 2. The van der Waals surface area contributed by atoms with E-state index in [1.54, 1.807) is 35.2 Å². The molecule has 24 heavy (non-hydrogen) atoms. The van der Waals surface area contributed by atoms with Crippen LogP contribution in [-0.2, 0) is 0 Å². The zero-order valence-corrected chi connectivity index (χ0v) is 14.8. The molecule has 0 radical (unpaired) electrons. The van der Waals surface area contributed by atoms with Crippen LogP contribution in [0.15, 0.2) is 46.9 Å². The van der Waals surface area contributed by atoms with Gasteiger partial charge in [-0.25, -0.2) is 0 Å². The fraction of sp³-hybridized carbons (Fsp3) is 0.222. The molecule has 0 atom stereocenters. The summed E-state index contributed by atoms with van der Waals surface area (Å²) in [7, 11) is 0. The van der Waals surface area contributed by atoms with E-state index < -0.39 is 0 Å². The molecule has 124 valence electrons. The van der Waals surface area contributed by atoms with Gasteiger partial charge in [0.2, 0.25) is 0 Å². The Kier molecular flexibility index (Phi) is 4.85. The Morgan fingerprint density at radius 1 is 1.29 bits per heavy atom. The summed E-state index contributed by atoms with van der Waals surface area (Å²) in [5, 5.41) is 2.83. The third kappa shape index (κ3) is 3.28. The summed E-state index contributed by atoms with van der Waals surface area (Å²) in [5.41, 5.74) is 1.56. The second-order valence-corrected chi connectivity index (χ2v) is 6.23. The maximum absolute atomic E-state index is 12.6. The summed E-state index contributed by atoms with van der Waals surface area (Å²) in [5.74, 6) is 0.230. The zero-order chi connectivity index (χ0) is 17.1. The topological polar surface area (TPSA) is 58.6 Å². The van der Waals surface area contributed by atoms with Crippen molar-refractivity contribution in [2.45, 2.75) is 6.92 Å². The number of rotatable bonds is 3. The molecule has 0 unspecified atom stereocenters. The van der Waals surface area contributed by atoms with E-state index in [1.165, 1.54) is 0 Å². The second kappa shape index (κ2) is 7.05. The van der Waals surface area contributed by atoms with Gasteiger partial charge in [-0.15, -0.1) is 0 Å². The molecule has 1 aliphatic heterocycles. The number of nitrogens with one attached hydrogen (secondary N) is 1. The van der Waals surface area contributed by atoms with Crippen LogP contribution in [0.25, 0.3) is 0 Å². The van der Waals surface area contributed by atoms with Gasteiger partial charge in [0.05, 0.1) is 17.7 Å². The SMILES string of the molecule is CCN1CCOc2ccc(NC(=O)c3ccccc3Br)cc2C1=O. The molecule has 1 heterocycles. The van der Waals surface area contributed by atoms with Gasteiger partial charge >= 0.3 is 0 Å². The van der Waals surface area contributed by atoms with Crippen molar-refractivity contribution in [1.29, 1.82) is 0 Å². The van der Waals surface area contributed by atoms with Crippen molar-refractivity contribution in [3.8, 4) is 5.75 Å². The fourth-order valence-electron chi connectivity index (χ4n) is 2.58. The van der Waals surface area contributed by atoms with E-state index in [1.807, 2.05) is 19.1 Å². The van der Waals surface area contributed by atoms with Crippen LogP contribution in [-0.4, -0.2) is 36.4 Å². The van der Waals surface area contributed by atoms with Crippen molar-refractivity contribution in [2.24, 2.45) is 0 Å². The van der Waals surface area contributed by atoms with E-state index in [9.17, 15) is 9.59 Å². The average Bonchev–Trinajstić information content (AvgIpc) is 2.74. The third-order valence-corrected chi connectivity index (χ3v) is 4.57. The molecule has 0 fully saturated rings. The first-order chi connectivity index (χ1) is 11.6. The highest BCUT2D eigenvalue weighted by Gasteiger charge is 2.23. The molecule has 5 nitrogen and oxygen atoms in total. The van der Waals surface area contributed by atoms with E-state index in [0.29, 0.717) is 46.7 Å². The Morgan fingerprint density at radius 3 is 2.83 bits per heavy atom. The van der Waals surface area contributed by atoms with Crippen LogP contribution in [0, 0.1) is 0 Å². The molecule has 6 heteroatoms. The molecular weight excluding hydrogens is 372 g/mol. The van der Waals surface area contributed by atoms with E-state index in [2.05, 4.69) is 21.2 Å². The molecule has 0 bridgehead atoms. The Bertz CT molecular complexity index is 792. The Hall–Kier alpha value is -2.34. The lowest BCUT2D eigenvalue weighted by molar-refractivity contribution is 0.0764. The fourth-order valence-corrected chi connectivity index (χ4v) is 3.05. The number of ether oxygens (including phenoxy) is 1. The molecule has 0 aliphatic carbocycles. The van der Waals surface area contributed by atoms with Gasteiger partial charge in [-0.2, -0.15) is 0 Å². The number of hydrogen-bond acceptors (Lipinski definition) is 3. The summed E-state index contributed by atoms with van der Waals surface area (Å²) in [6.45, 7) is 3.58. The van der Waals surface area contributed by atoms with Gasteiger partial charge in [0.25, 0.3) is 11.8 Å². The van der Waals surface area contributed by atoms with Crippen LogP contribution in [0.2, 0.25) is 0 Å². The van der Waals surface area contributed by atoms with Gasteiger partial charge in [0.1, 0.15) is 12.4 Å². The summed E-state index contributed by atoms with van der Waals surface area (Å²) in [4.78, 5) is 26.7. The number of carbonyl (C=O) groups excluding carboxylic acids is 2. The van der Waals surface area contributed by atoms with Crippen LogP contribution < -0.4 is 10.1 Å². The monoisotopic (exact) mass is 388 g/mol. The lowest BCUT2D eigenvalue weighted by Gasteiger charge is -2.17. The molecule has 3 rings (SSSR count). The molecule has 0 saturated heterocycles.